The maximum absolute atomic E-state index is 10.7. The summed E-state index contributed by atoms with van der Waals surface area (Å²) < 4.78 is 6.07. The molecule has 1 aromatic heterocycles. The number of ether oxygens (including phenoxy) is 1. The number of aromatic nitrogens is 1. The summed E-state index contributed by atoms with van der Waals surface area (Å²) in [5.74, 6) is 0.693. The van der Waals surface area contributed by atoms with Crippen molar-refractivity contribution in [3.05, 3.63) is 71.4 Å². The van der Waals surface area contributed by atoms with Crippen LogP contribution in [0.1, 0.15) is 61.3 Å². The maximum atomic E-state index is 10.7. The van der Waals surface area contributed by atoms with Crippen LogP contribution < -0.4 is 4.74 Å². The number of carbonyl (C=O) groups is 1. The normalized spacial score (nSPS) is 15.8. The summed E-state index contributed by atoms with van der Waals surface area (Å²) in [6.45, 7) is 0.451. The van der Waals surface area contributed by atoms with Crippen LogP contribution in [0.2, 0.25) is 0 Å². The molecule has 150 valence electrons. The average Bonchev–Trinajstić information content (AvgIpc) is 2.75. The van der Waals surface area contributed by atoms with Crippen molar-refractivity contribution in [1.82, 2.24) is 4.98 Å². The van der Waals surface area contributed by atoms with Crippen molar-refractivity contribution in [3.8, 4) is 5.75 Å². The van der Waals surface area contributed by atoms with E-state index in [1.165, 1.54) is 24.0 Å². The van der Waals surface area contributed by atoms with Crippen molar-refractivity contribution in [2.24, 2.45) is 0 Å². The molecule has 3 aromatic rings. The number of para-hydroxylation sites is 1. The maximum Gasteiger partial charge on any atom is 0.303 e. The summed E-state index contributed by atoms with van der Waals surface area (Å²) in [6.07, 6.45) is 6.53. The van der Waals surface area contributed by atoms with E-state index in [-0.39, 0.29) is 6.42 Å². The molecule has 0 fully saturated rings. The predicted octanol–water partition coefficient (Wildman–Crippen LogP) is 5.88. The highest BCUT2D eigenvalue weighted by atomic mass is 16.5. The molecule has 0 saturated heterocycles. The van der Waals surface area contributed by atoms with E-state index in [0.717, 1.165) is 48.0 Å². The number of benzene rings is 2. The Kier molecular flexibility index (Phi) is 6.09. The van der Waals surface area contributed by atoms with Gasteiger partial charge < -0.3 is 9.84 Å². The second-order valence-corrected chi connectivity index (χ2v) is 7.87. The van der Waals surface area contributed by atoms with Gasteiger partial charge in [0.1, 0.15) is 12.4 Å². The molecule has 1 N–H and O–H groups in total. The van der Waals surface area contributed by atoms with Crippen LogP contribution >= 0.6 is 0 Å². The van der Waals surface area contributed by atoms with Gasteiger partial charge in [-0.15, -0.1) is 0 Å². The van der Waals surface area contributed by atoms with Crippen molar-refractivity contribution in [3.63, 3.8) is 0 Å². The molecule has 0 amide bonds. The lowest BCUT2D eigenvalue weighted by atomic mass is 9.80. The Bertz CT molecular complexity index is 998. The molecule has 29 heavy (non-hydrogen) atoms. The first-order chi connectivity index (χ1) is 14.2. The second-order valence-electron chi connectivity index (χ2n) is 7.87. The first-order valence-corrected chi connectivity index (χ1v) is 10.5. The Morgan fingerprint density at radius 3 is 2.90 bits per heavy atom. The summed E-state index contributed by atoms with van der Waals surface area (Å²) in [5.41, 5.74) is 4.71. The van der Waals surface area contributed by atoms with Gasteiger partial charge in [0.15, 0.2) is 0 Å². The largest absolute Gasteiger partial charge is 0.487 e. The molecule has 0 bridgehead atoms. The number of unbranched alkanes of at least 4 members (excludes halogenated alkanes) is 1. The fourth-order valence-electron chi connectivity index (χ4n) is 4.28. The third kappa shape index (κ3) is 4.94. The molecule has 4 rings (SSSR count). The first kappa shape index (κ1) is 19.4. The van der Waals surface area contributed by atoms with Crippen molar-refractivity contribution in [2.45, 2.75) is 57.5 Å². The van der Waals surface area contributed by atoms with E-state index >= 15 is 0 Å². The number of aryl methyl sites for hydroxylation is 1. The van der Waals surface area contributed by atoms with Crippen LogP contribution in [0.25, 0.3) is 10.9 Å². The molecule has 1 aliphatic carbocycles. The molecule has 4 nitrogen and oxygen atoms in total. The number of fused-ring (bicyclic) bond motifs is 2. The fraction of sp³-hybridized carbons (Fsp3) is 0.360. The molecule has 0 saturated carbocycles. The van der Waals surface area contributed by atoms with Gasteiger partial charge in [0.05, 0.1) is 11.2 Å². The van der Waals surface area contributed by atoms with E-state index in [0.29, 0.717) is 12.5 Å². The zero-order chi connectivity index (χ0) is 20.1. The number of carboxylic acids is 1. The Morgan fingerprint density at radius 1 is 1.10 bits per heavy atom. The summed E-state index contributed by atoms with van der Waals surface area (Å²) in [6, 6.07) is 18.7. The van der Waals surface area contributed by atoms with Gasteiger partial charge in [-0.25, -0.2) is 4.98 Å². The fourth-order valence-corrected chi connectivity index (χ4v) is 4.28. The van der Waals surface area contributed by atoms with Crippen molar-refractivity contribution >= 4 is 16.9 Å². The number of aliphatic carboxylic acids is 1. The second kappa shape index (κ2) is 9.08. The minimum atomic E-state index is -0.702. The number of nitrogens with zero attached hydrogens (tertiary/aromatic N) is 1. The van der Waals surface area contributed by atoms with Gasteiger partial charge in [-0.2, -0.15) is 0 Å². The SMILES string of the molecule is O=C(O)CCCCC1CCCc2ccc(OCc3ccc4ccccc4n3)cc21. The lowest BCUT2D eigenvalue weighted by Crippen LogP contribution is -2.10. The molecule has 0 spiro atoms. The van der Waals surface area contributed by atoms with E-state index < -0.39 is 5.97 Å². The zero-order valence-electron chi connectivity index (χ0n) is 16.6. The van der Waals surface area contributed by atoms with Gasteiger partial charge in [-0.3, -0.25) is 4.79 Å². The number of carboxylic acid groups (broad SMARTS) is 1. The van der Waals surface area contributed by atoms with Gasteiger partial charge in [-0.1, -0.05) is 36.8 Å². The topological polar surface area (TPSA) is 59.4 Å². The van der Waals surface area contributed by atoms with E-state index in [2.05, 4.69) is 35.3 Å². The predicted molar refractivity (Wildman–Crippen MR) is 114 cm³/mol. The minimum absolute atomic E-state index is 0.265. The number of hydrogen-bond acceptors (Lipinski definition) is 3. The van der Waals surface area contributed by atoms with Gasteiger partial charge >= 0.3 is 5.97 Å². The lowest BCUT2D eigenvalue weighted by molar-refractivity contribution is -0.137. The van der Waals surface area contributed by atoms with Crippen LogP contribution in [0.3, 0.4) is 0 Å². The minimum Gasteiger partial charge on any atom is -0.487 e. The van der Waals surface area contributed by atoms with Gasteiger partial charge in [0, 0.05) is 11.8 Å². The third-order valence-corrected chi connectivity index (χ3v) is 5.79. The summed E-state index contributed by atoms with van der Waals surface area (Å²) in [7, 11) is 0. The molecule has 2 aromatic carbocycles. The Hall–Kier alpha value is -2.88. The highest BCUT2D eigenvalue weighted by Gasteiger charge is 2.20. The molecule has 1 atom stereocenters. The molecule has 0 radical (unpaired) electrons. The van der Waals surface area contributed by atoms with Gasteiger partial charge in [0.2, 0.25) is 0 Å². The number of pyridine rings is 1. The highest BCUT2D eigenvalue weighted by molar-refractivity contribution is 5.78. The van der Waals surface area contributed by atoms with E-state index in [4.69, 9.17) is 9.84 Å². The van der Waals surface area contributed by atoms with Crippen LogP contribution in [-0.2, 0) is 17.8 Å². The third-order valence-electron chi connectivity index (χ3n) is 5.79. The van der Waals surface area contributed by atoms with Crippen LogP contribution in [0.15, 0.2) is 54.6 Å². The van der Waals surface area contributed by atoms with Crippen LogP contribution in [0.5, 0.6) is 5.75 Å². The summed E-state index contributed by atoms with van der Waals surface area (Å²) in [4.78, 5) is 15.4. The Balaban J connectivity index is 1.42. The van der Waals surface area contributed by atoms with Gasteiger partial charge in [-0.05, 0) is 73.4 Å². The summed E-state index contributed by atoms with van der Waals surface area (Å²) in [5, 5.41) is 9.97. The average molecular weight is 389 g/mol. The van der Waals surface area contributed by atoms with E-state index in [9.17, 15) is 4.79 Å². The standard InChI is InChI=1S/C25H27NO3/c27-25(28)11-4-2-6-18-8-5-9-19-13-15-22(16-23(18)19)29-17-21-14-12-20-7-1-3-10-24(20)26-21/h1,3,7,10,12-16,18H,2,4-6,8-9,11,17H2,(H,27,28). The van der Waals surface area contributed by atoms with E-state index in [1.54, 1.807) is 0 Å². The zero-order valence-corrected chi connectivity index (χ0v) is 16.6. The molecular weight excluding hydrogens is 362 g/mol. The smallest absolute Gasteiger partial charge is 0.303 e. The number of hydrogen-bond donors (Lipinski definition) is 1. The van der Waals surface area contributed by atoms with E-state index in [1.807, 2.05) is 24.3 Å². The van der Waals surface area contributed by atoms with Crippen LogP contribution in [0.4, 0.5) is 0 Å². The molecular formula is C25H27NO3. The van der Waals surface area contributed by atoms with Gasteiger partial charge in [0.25, 0.3) is 0 Å². The molecule has 1 unspecified atom stereocenters. The molecule has 1 heterocycles. The molecule has 1 aliphatic rings. The first-order valence-electron chi connectivity index (χ1n) is 10.5. The quantitative estimate of drug-likeness (QED) is 0.489. The number of rotatable bonds is 8. The highest BCUT2D eigenvalue weighted by Crippen LogP contribution is 2.37. The lowest BCUT2D eigenvalue weighted by Gasteiger charge is -2.26. The van der Waals surface area contributed by atoms with Crippen LogP contribution in [-0.4, -0.2) is 16.1 Å². The van der Waals surface area contributed by atoms with Crippen molar-refractivity contribution < 1.29 is 14.6 Å². The van der Waals surface area contributed by atoms with Crippen LogP contribution in [0, 0.1) is 0 Å². The monoisotopic (exact) mass is 389 g/mol. The Labute approximate surface area is 171 Å². The summed E-state index contributed by atoms with van der Waals surface area (Å²) >= 11 is 0. The molecule has 0 aliphatic heterocycles. The molecule has 4 heteroatoms. The van der Waals surface area contributed by atoms with Crippen molar-refractivity contribution in [2.75, 3.05) is 0 Å². The van der Waals surface area contributed by atoms with Crippen molar-refractivity contribution in [1.29, 1.82) is 0 Å². The Morgan fingerprint density at radius 2 is 2.00 bits per heavy atom.